The second-order valence-electron chi connectivity index (χ2n) is 7.05. The van der Waals surface area contributed by atoms with Gasteiger partial charge in [-0.3, -0.25) is 9.78 Å². The van der Waals surface area contributed by atoms with Crippen molar-refractivity contribution in [1.29, 1.82) is 5.26 Å². The van der Waals surface area contributed by atoms with Gasteiger partial charge in [0.15, 0.2) is 0 Å². The van der Waals surface area contributed by atoms with Gasteiger partial charge in [-0.15, -0.1) is 0 Å². The number of carbonyl (C=O) groups is 1. The van der Waals surface area contributed by atoms with E-state index in [1.54, 1.807) is 24.4 Å². The zero-order chi connectivity index (χ0) is 21.0. The van der Waals surface area contributed by atoms with E-state index in [2.05, 4.69) is 10.3 Å². The lowest BCUT2D eigenvalue weighted by atomic mass is 9.78. The van der Waals surface area contributed by atoms with Gasteiger partial charge in [0.1, 0.15) is 11.9 Å². The SMILES string of the molecule is Cc1ccc(C(C)(CNC(=O)c2ccc(C#N)c(F)c2)c2ccc(Cl)cc2)nc1. The topological polar surface area (TPSA) is 65.8 Å². The highest BCUT2D eigenvalue weighted by Crippen LogP contribution is 2.31. The predicted octanol–water partition coefficient (Wildman–Crippen LogP) is 4.79. The van der Waals surface area contributed by atoms with Crippen LogP contribution in [0.3, 0.4) is 0 Å². The molecule has 0 radical (unpaired) electrons. The number of aryl methyl sites for hydroxylation is 1. The van der Waals surface area contributed by atoms with Gasteiger partial charge < -0.3 is 5.32 Å². The minimum absolute atomic E-state index is 0.101. The van der Waals surface area contributed by atoms with Gasteiger partial charge in [0.25, 0.3) is 5.91 Å². The minimum Gasteiger partial charge on any atom is -0.351 e. The Morgan fingerprint density at radius 2 is 1.93 bits per heavy atom. The molecule has 3 rings (SSSR count). The van der Waals surface area contributed by atoms with Crippen LogP contribution in [-0.4, -0.2) is 17.4 Å². The molecular formula is C23H19ClFN3O. The first-order valence-electron chi connectivity index (χ1n) is 9.00. The first kappa shape index (κ1) is 20.5. The van der Waals surface area contributed by atoms with E-state index >= 15 is 0 Å². The van der Waals surface area contributed by atoms with E-state index in [1.165, 1.54) is 12.1 Å². The Morgan fingerprint density at radius 3 is 2.52 bits per heavy atom. The number of nitrogens with one attached hydrogen (secondary N) is 1. The Balaban J connectivity index is 1.90. The Morgan fingerprint density at radius 1 is 1.21 bits per heavy atom. The fourth-order valence-corrected chi connectivity index (χ4v) is 3.18. The first-order chi connectivity index (χ1) is 13.8. The number of pyridine rings is 1. The van der Waals surface area contributed by atoms with Crippen LogP contribution < -0.4 is 5.32 Å². The Kier molecular flexibility index (Phi) is 5.95. The molecule has 0 aliphatic carbocycles. The third kappa shape index (κ3) is 4.44. The lowest BCUT2D eigenvalue weighted by Crippen LogP contribution is -2.40. The smallest absolute Gasteiger partial charge is 0.251 e. The fraction of sp³-hybridized carbons (Fsp3) is 0.174. The summed E-state index contributed by atoms with van der Waals surface area (Å²) in [6.07, 6.45) is 1.78. The lowest BCUT2D eigenvalue weighted by molar-refractivity contribution is 0.0946. The Hall–Kier alpha value is -3.23. The van der Waals surface area contributed by atoms with Crippen LogP contribution in [0.5, 0.6) is 0 Å². The molecule has 29 heavy (non-hydrogen) atoms. The third-order valence-corrected chi connectivity index (χ3v) is 5.16. The largest absolute Gasteiger partial charge is 0.351 e. The van der Waals surface area contributed by atoms with Crippen molar-refractivity contribution < 1.29 is 9.18 Å². The molecule has 1 aromatic heterocycles. The first-order valence-corrected chi connectivity index (χ1v) is 9.38. The van der Waals surface area contributed by atoms with E-state index in [9.17, 15) is 9.18 Å². The molecule has 0 bridgehead atoms. The standard InChI is InChI=1S/C23H19ClFN3O/c1-15-3-10-21(27-13-15)23(2,18-6-8-19(24)9-7-18)14-28-22(29)16-4-5-17(12-26)20(25)11-16/h3-11,13H,14H2,1-2H3,(H,28,29). The van der Waals surface area contributed by atoms with Crippen molar-refractivity contribution in [2.45, 2.75) is 19.3 Å². The van der Waals surface area contributed by atoms with Crippen molar-refractivity contribution in [3.8, 4) is 6.07 Å². The molecule has 1 heterocycles. The van der Waals surface area contributed by atoms with E-state index in [-0.39, 0.29) is 17.7 Å². The number of amides is 1. The van der Waals surface area contributed by atoms with Crippen LogP contribution in [0.1, 0.15) is 39.7 Å². The maximum atomic E-state index is 13.9. The van der Waals surface area contributed by atoms with Gasteiger partial charge in [-0.2, -0.15) is 5.26 Å². The number of benzene rings is 2. The van der Waals surface area contributed by atoms with Crippen LogP contribution in [-0.2, 0) is 5.41 Å². The van der Waals surface area contributed by atoms with E-state index in [4.69, 9.17) is 16.9 Å². The van der Waals surface area contributed by atoms with Gasteiger partial charge in [0.2, 0.25) is 0 Å². The fourth-order valence-electron chi connectivity index (χ4n) is 3.06. The summed E-state index contributed by atoms with van der Waals surface area (Å²) in [6, 6.07) is 16.8. The molecule has 1 amide bonds. The van der Waals surface area contributed by atoms with Gasteiger partial charge in [-0.25, -0.2) is 4.39 Å². The molecule has 1 atom stereocenters. The van der Waals surface area contributed by atoms with Crippen LogP contribution >= 0.6 is 11.6 Å². The van der Waals surface area contributed by atoms with Crippen LogP contribution in [0.2, 0.25) is 5.02 Å². The molecule has 0 aliphatic heterocycles. The second kappa shape index (κ2) is 8.42. The van der Waals surface area contributed by atoms with E-state index in [0.717, 1.165) is 22.9 Å². The summed E-state index contributed by atoms with van der Waals surface area (Å²) in [7, 11) is 0. The quantitative estimate of drug-likeness (QED) is 0.661. The Labute approximate surface area is 174 Å². The molecule has 1 unspecified atom stereocenters. The molecule has 0 spiro atoms. The van der Waals surface area contributed by atoms with E-state index < -0.39 is 17.1 Å². The molecule has 0 saturated heterocycles. The lowest BCUT2D eigenvalue weighted by Gasteiger charge is -2.30. The highest BCUT2D eigenvalue weighted by atomic mass is 35.5. The summed E-state index contributed by atoms with van der Waals surface area (Å²) in [4.78, 5) is 17.2. The van der Waals surface area contributed by atoms with Crippen LogP contribution in [0.4, 0.5) is 4.39 Å². The molecule has 2 aromatic carbocycles. The number of halogens is 2. The average Bonchev–Trinajstić information content (AvgIpc) is 2.72. The number of nitriles is 1. The van der Waals surface area contributed by atoms with Crippen LogP contribution in [0, 0.1) is 24.1 Å². The molecule has 1 N–H and O–H groups in total. The van der Waals surface area contributed by atoms with Crippen LogP contribution in [0.15, 0.2) is 60.8 Å². The van der Waals surface area contributed by atoms with Gasteiger partial charge in [-0.05, 0) is 61.4 Å². The summed E-state index contributed by atoms with van der Waals surface area (Å²) in [5.41, 5.74) is 2.18. The molecule has 0 saturated carbocycles. The molecule has 0 aliphatic rings. The van der Waals surface area contributed by atoms with Gasteiger partial charge >= 0.3 is 0 Å². The number of hydrogen-bond donors (Lipinski definition) is 1. The van der Waals surface area contributed by atoms with Crippen molar-refractivity contribution in [2.75, 3.05) is 6.54 Å². The number of carbonyl (C=O) groups excluding carboxylic acids is 1. The summed E-state index contributed by atoms with van der Waals surface area (Å²) in [6.45, 7) is 4.18. The summed E-state index contributed by atoms with van der Waals surface area (Å²) < 4.78 is 13.9. The molecule has 146 valence electrons. The average molecular weight is 408 g/mol. The maximum Gasteiger partial charge on any atom is 0.251 e. The molecular weight excluding hydrogens is 389 g/mol. The molecule has 4 nitrogen and oxygen atoms in total. The summed E-state index contributed by atoms with van der Waals surface area (Å²) in [5.74, 6) is -1.15. The van der Waals surface area contributed by atoms with E-state index in [1.807, 2.05) is 38.1 Å². The minimum atomic E-state index is -0.721. The van der Waals surface area contributed by atoms with Crippen molar-refractivity contribution in [3.05, 3.63) is 99.6 Å². The Bertz CT molecular complexity index is 1030. The van der Waals surface area contributed by atoms with Gasteiger partial charge in [0.05, 0.1) is 16.7 Å². The zero-order valence-corrected chi connectivity index (χ0v) is 16.8. The number of nitrogens with zero attached hydrogens (tertiary/aromatic N) is 2. The summed E-state index contributed by atoms with van der Waals surface area (Å²) >= 11 is 6.03. The van der Waals surface area contributed by atoms with Crippen molar-refractivity contribution in [1.82, 2.24) is 10.3 Å². The van der Waals surface area contributed by atoms with Crippen molar-refractivity contribution >= 4 is 17.5 Å². The third-order valence-electron chi connectivity index (χ3n) is 4.91. The van der Waals surface area contributed by atoms with Crippen molar-refractivity contribution in [3.63, 3.8) is 0 Å². The molecule has 3 aromatic rings. The normalized spacial score (nSPS) is 12.7. The molecule has 6 heteroatoms. The second-order valence-corrected chi connectivity index (χ2v) is 7.49. The number of hydrogen-bond acceptors (Lipinski definition) is 3. The predicted molar refractivity (Wildman–Crippen MR) is 110 cm³/mol. The molecule has 0 fully saturated rings. The zero-order valence-electron chi connectivity index (χ0n) is 16.0. The summed E-state index contributed by atoms with van der Waals surface area (Å²) in [5, 5.41) is 12.3. The van der Waals surface area contributed by atoms with E-state index in [0.29, 0.717) is 5.02 Å². The van der Waals surface area contributed by atoms with Gasteiger partial charge in [0, 0.05) is 23.3 Å². The highest BCUT2D eigenvalue weighted by Gasteiger charge is 2.31. The monoisotopic (exact) mass is 407 g/mol. The maximum absolute atomic E-state index is 13.9. The van der Waals surface area contributed by atoms with Gasteiger partial charge in [-0.1, -0.05) is 29.8 Å². The number of aromatic nitrogens is 1. The van der Waals surface area contributed by atoms with Crippen molar-refractivity contribution in [2.24, 2.45) is 0 Å². The van der Waals surface area contributed by atoms with Crippen LogP contribution in [0.25, 0.3) is 0 Å². The number of rotatable bonds is 5. The highest BCUT2D eigenvalue weighted by molar-refractivity contribution is 6.30.